The quantitative estimate of drug-likeness (QED) is 0.451. The first-order chi connectivity index (χ1) is 13.6. The second kappa shape index (κ2) is 6.80. The summed E-state index contributed by atoms with van der Waals surface area (Å²) in [5, 5.41) is 0. The molecule has 148 valence electrons. The van der Waals surface area contributed by atoms with Crippen molar-refractivity contribution in [2.45, 2.75) is 60.7 Å². The highest BCUT2D eigenvalue weighted by Gasteiger charge is 2.32. The first-order valence-electron chi connectivity index (χ1n) is 10.7. The summed E-state index contributed by atoms with van der Waals surface area (Å²) < 4.78 is 0. The maximum atomic E-state index is 2.50. The average molecular weight is 381 g/mol. The van der Waals surface area contributed by atoms with Crippen LogP contribution < -0.4 is 15.8 Å². The largest absolute Gasteiger partial charge is 0.311 e. The van der Waals surface area contributed by atoms with E-state index in [1.54, 1.807) is 0 Å². The summed E-state index contributed by atoms with van der Waals surface area (Å²) in [7, 11) is 0. The van der Waals surface area contributed by atoms with Crippen molar-refractivity contribution in [1.29, 1.82) is 0 Å². The van der Waals surface area contributed by atoms with Gasteiger partial charge in [0.2, 0.25) is 6.71 Å². The Hall–Kier alpha value is -2.48. The molecule has 1 heterocycles. The molecule has 0 radical (unpaired) electrons. The van der Waals surface area contributed by atoms with Crippen LogP contribution in [0.15, 0.2) is 48.5 Å². The van der Waals surface area contributed by atoms with Crippen LogP contribution in [0.25, 0.3) is 0 Å². The molecule has 3 aromatic carbocycles. The molecule has 0 N–H and O–H groups in total. The Kier molecular flexibility index (Phi) is 4.65. The van der Waals surface area contributed by atoms with E-state index in [-0.39, 0.29) is 5.41 Å². The normalized spacial score (nSPS) is 13.4. The van der Waals surface area contributed by atoms with E-state index < -0.39 is 0 Å². The van der Waals surface area contributed by atoms with Gasteiger partial charge < -0.3 is 4.90 Å². The molecular formula is C27H32BN. The fraction of sp³-hybridized carbons (Fsp3) is 0.333. The molecular weight excluding hydrogens is 349 g/mol. The van der Waals surface area contributed by atoms with Gasteiger partial charge in [0.25, 0.3) is 0 Å². The Labute approximate surface area is 176 Å². The van der Waals surface area contributed by atoms with Crippen LogP contribution in [0.3, 0.4) is 0 Å². The Morgan fingerprint density at radius 3 is 1.55 bits per heavy atom. The topological polar surface area (TPSA) is 3.24 Å². The molecule has 0 fully saturated rings. The highest BCUT2D eigenvalue weighted by atomic mass is 15.2. The number of hydrogen-bond acceptors (Lipinski definition) is 1. The van der Waals surface area contributed by atoms with Gasteiger partial charge in [0.15, 0.2) is 0 Å². The van der Waals surface area contributed by atoms with Gasteiger partial charge in [-0.15, -0.1) is 0 Å². The van der Waals surface area contributed by atoms with Gasteiger partial charge in [-0.3, -0.25) is 0 Å². The van der Waals surface area contributed by atoms with E-state index in [0.717, 1.165) is 0 Å². The first kappa shape index (κ1) is 19.8. The Bertz CT molecular complexity index is 1030. The zero-order valence-corrected chi connectivity index (χ0v) is 19.1. The van der Waals surface area contributed by atoms with Crippen molar-refractivity contribution in [2.75, 3.05) is 4.90 Å². The summed E-state index contributed by atoms with van der Waals surface area (Å²) in [6.07, 6.45) is 0. The summed E-state index contributed by atoms with van der Waals surface area (Å²) in [5.41, 5.74) is 13.6. The Balaban J connectivity index is 2.02. The number of aryl methyl sites for hydroxylation is 4. The van der Waals surface area contributed by atoms with Crippen molar-refractivity contribution >= 4 is 34.7 Å². The van der Waals surface area contributed by atoms with Crippen LogP contribution in [0.1, 0.15) is 48.6 Å². The maximum absolute atomic E-state index is 2.50. The van der Waals surface area contributed by atoms with Crippen molar-refractivity contribution in [2.24, 2.45) is 0 Å². The molecule has 1 nitrogen and oxygen atoms in total. The molecule has 1 aliphatic rings. The van der Waals surface area contributed by atoms with Crippen molar-refractivity contribution in [1.82, 2.24) is 0 Å². The summed E-state index contributed by atoms with van der Waals surface area (Å²) in [5.74, 6) is 0. The Morgan fingerprint density at radius 1 is 0.690 bits per heavy atom. The van der Waals surface area contributed by atoms with Crippen LogP contribution in [-0.2, 0) is 5.41 Å². The molecule has 0 atom stereocenters. The van der Waals surface area contributed by atoms with Gasteiger partial charge in [-0.05, 0) is 61.9 Å². The van der Waals surface area contributed by atoms with Crippen molar-refractivity contribution in [3.63, 3.8) is 0 Å². The highest BCUT2D eigenvalue weighted by molar-refractivity contribution is 6.87. The number of hydrogen-bond donors (Lipinski definition) is 0. The number of rotatable bonds is 1. The standard InChI is InChI=1S/C27H32BN/c1-17-9-11-24-22(13-17)28(8)23-14-18(2)10-12-25(23)29(24)26-19(3)15-21(16-20(26)4)27(5,6)7/h9-16H,1-8H3. The molecule has 4 rings (SSSR count). The molecule has 0 unspecified atom stereocenters. The molecule has 0 spiro atoms. The summed E-state index contributed by atoms with van der Waals surface area (Å²) >= 11 is 0. The lowest BCUT2D eigenvalue weighted by atomic mass is 9.40. The van der Waals surface area contributed by atoms with Gasteiger partial charge in [-0.2, -0.15) is 0 Å². The van der Waals surface area contributed by atoms with Gasteiger partial charge in [0.05, 0.1) is 5.69 Å². The number of fused-ring (bicyclic) bond motifs is 2. The monoisotopic (exact) mass is 381 g/mol. The van der Waals surface area contributed by atoms with E-state index in [1.807, 2.05) is 0 Å². The van der Waals surface area contributed by atoms with Crippen LogP contribution in [-0.4, -0.2) is 6.71 Å². The van der Waals surface area contributed by atoms with E-state index in [1.165, 1.54) is 55.8 Å². The van der Waals surface area contributed by atoms with Crippen LogP contribution in [0.2, 0.25) is 6.82 Å². The summed E-state index contributed by atoms with van der Waals surface area (Å²) in [6.45, 7) is 18.5. The second-order valence-corrected chi connectivity index (χ2v) is 9.89. The van der Waals surface area contributed by atoms with Gasteiger partial charge in [-0.1, -0.05) is 86.0 Å². The van der Waals surface area contributed by atoms with Crippen molar-refractivity contribution < 1.29 is 0 Å². The van der Waals surface area contributed by atoms with E-state index in [0.29, 0.717) is 6.71 Å². The third-order valence-corrected chi connectivity index (χ3v) is 6.36. The smallest absolute Gasteiger partial charge is 0.211 e. The predicted octanol–water partition coefficient (Wildman–Crippen LogP) is 6.24. The molecule has 0 saturated carbocycles. The molecule has 0 bridgehead atoms. The lowest BCUT2D eigenvalue weighted by molar-refractivity contribution is 0.589. The van der Waals surface area contributed by atoms with Crippen molar-refractivity contribution in [3.8, 4) is 0 Å². The lowest BCUT2D eigenvalue weighted by Gasteiger charge is -2.38. The molecule has 0 aliphatic carbocycles. The van der Waals surface area contributed by atoms with E-state index >= 15 is 0 Å². The Morgan fingerprint density at radius 2 is 1.14 bits per heavy atom. The number of benzene rings is 3. The molecule has 1 aliphatic heterocycles. The molecule has 3 aromatic rings. The van der Waals surface area contributed by atoms with Crippen LogP contribution in [0.4, 0.5) is 17.1 Å². The van der Waals surface area contributed by atoms with Crippen LogP contribution >= 0.6 is 0 Å². The second-order valence-electron chi connectivity index (χ2n) is 9.89. The van der Waals surface area contributed by atoms with Crippen molar-refractivity contribution in [3.05, 3.63) is 76.3 Å². The van der Waals surface area contributed by atoms with Gasteiger partial charge in [0, 0.05) is 11.4 Å². The van der Waals surface area contributed by atoms with Gasteiger partial charge >= 0.3 is 0 Å². The predicted molar refractivity (Wildman–Crippen MR) is 130 cm³/mol. The highest BCUT2D eigenvalue weighted by Crippen LogP contribution is 2.41. The van der Waals surface area contributed by atoms with E-state index in [4.69, 9.17) is 0 Å². The third-order valence-electron chi connectivity index (χ3n) is 6.36. The summed E-state index contributed by atoms with van der Waals surface area (Å²) in [4.78, 5) is 2.50. The lowest BCUT2D eigenvalue weighted by Crippen LogP contribution is -2.48. The zero-order chi connectivity index (χ0) is 21.1. The molecule has 0 aromatic heterocycles. The molecule has 29 heavy (non-hydrogen) atoms. The number of anilines is 3. The van der Waals surface area contributed by atoms with Crippen LogP contribution in [0, 0.1) is 27.7 Å². The van der Waals surface area contributed by atoms with E-state index in [2.05, 4.69) is 109 Å². The first-order valence-corrected chi connectivity index (χ1v) is 10.7. The minimum Gasteiger partial charge on any atom is -0.311 e. The van der Waals surface area contributed by atoms with E-state index in [9.17, 15) is 0 Å². The SMILES string of the molecule is CB1c2cc(C)ccc2N(c2c(C)cc(C(C)(C)C)cc2C)c2ccc(C)cc21. The fourth-order valence-electron chi connectivity index (χ4n) is 4.73. The zero-order valence-electron chi connectivity index (χ0n) is 19.1. The maximum Gasteiger partial charge on any atom is 0.211 e. The third kappa shape index (κ3) is 3.29. The number of nitrogens with zero attached hydrogens (tertiary/aromatic N) is 1. The van der Waals surface area contributed by atoms with Gasteiger partial charge in [0.1, 0.15) is 0 Å². The van der Waals surface area contributed by atoms with Gasteiger partial charge in [-0.25, -0.2) is 0 Å². The minimum atomic E-state index is 0.147. The molecule has 0 saturated heterocycles. The molecule has 2 heteroatoms. The van der Waals surface area contributed by atoms with Crippen LogP contribution in [0.5, 0.6) is 0 Å². The molecule has 0 amide bonds. The minimum absolute atomic E-state index is 0.147. The average Bonchev–Trinajstić information content (AvgIpc) is 2.63. The summed E-state index contributed by atoms with van der Waals surface area (Å²) in [6, 6.07) is 18.6. The fourth-order valence-corrected chi connectivity index (χ4v) is 4.73.